The van der Waals surface area contributed by atoms with Crippen molar-refractivity contribution >= 4 is 18.0 Å². The molecule has 1 aromatic carbocycles. The molecule has 5 nitrogen and oxygen atoms in total. The Bertz CT molecular complexity index is 593. The van der Waals surface area contributed by atoms with E-state index in [1.165, 1.54) is 13.0 Å². The molecule has 0 spiro atoms. The number of hydrogen-bond acceptors (Lipinski definition) is 4. The van der Waals surface area contributed by atoms with Crippen LogP contribution < -0.4 is 5.32 Å². The molecule has 0 saturated heterocycles. The van der Waals surface area contributed by atoms with Gasteiger partial charge in [0.05, 0.1) is 6.61 Å². The van der Waals surface area contributed by atoms with Gasteiger partial charge in [0.1, 0.15) is 6.17 Å². The van der Waals surface area contributed by atoms with Crippen LogP contribution in [0.25, 0.3) is 6.08 Å². The maximum atomic E-state index is 11.4. The first-order chi connectivity index (χ1) is 10.1. The molecule has 0 bridgehead atoms. The first-order valence-corrected chi connectivity index (χ1v) is 6.78. The van der Waals surface area contributed by atoms with Crippen LogP contribution in [0.5, 0.6) is 0 Å². The van der Waals surface area contributed by atoms with Gasteiger partial charge in [0.15, 0.2) is 0 Å². The number of esters is 1. The van der Waals surface area contributed by atoms with E-state index in [2.05, 4.69) is 5.32 Å². The number of rotatable bonds is 4. The summed E-state index contributed by atoms with van der Waals surface area (Å²) >= 11 is 0. The van der Waals surface area contributed by atoms with Crippen molar-refractivity contribution in [2.75, 3.05) is 6.61 Å². The first-order valence-electron chi connectivity index (χ1n) is 6.78. The fourth-order valence-electron chi connectivity index (χ4n) is 2.14. The summed E-state index contributed by atoms with van der Waals surface area (Å²) in [5, 5.41) is 2.88. The van der Waals surface area contributed by atoms with Crippen molar-refractivity contribution in [3.05, 3.63) is 53.9 Å². The molecular weight excluding hydrogens is 268 g/mol. The molecule has 1 atom stereocenters. The largest absolute Gasteiger partial charge is 0.463 e. The molecule has 1 unspecified atom stereocenters. The maximum absolute atomic E-state index is 11.4. The standard InChI is InChI=1S/C16H18N2O3/c1-3-21-15(20)9-11-18-10-8-13-6-4-5-7-14(13)16(18)17-12(2)19/h4-11,16H,3H2,1-2H3,(H,17,19)/b11-9+. The topological polar surface area (TPSA) is 58.6 Å². The lowest BCUT2D eigenvalue weighted by Gasteiger charge is -2.32. The van der Waals surface area contributed by atoms with Crippen LogP contribution in [0.2, 0.25) is 0 Å². The average Bonchev–Trinajstić information content (AvgIpc) is 2.46. The number of carbonyl (C=O) groups is 2. The second kappa shape index (κ2) is 6.74. The van der Waals surface area contributed by atoms with Crippen molar-refractivity contribution in [3.63, 3.8) is 0 Å². The number of ether oxygens (including phenoxy) is 1. The second-order valence-electron chi connectivity index (χ2n) is 4.56. The molecule has 0 radical (unpaired) electrons. The third-order valence-electron chi connectivity index (χ3n) is 3.02. The number of nitrogens with zero attached hydrogens (tertiary/aromatic N) is 1. The molecule has 21 heavy (non-hydrogen) atoms. The number of amides is 1. The van der Waals surface area contributed by atoms with E-state index in [4.69, 9.17) is 4.74 Å². The Labute approximate surface area is 123 Å². The van der Waals surface area contributed by atoms with E-state index in [-0.39, 0.29) is 12.1 Å². The van der Waals surface area contributed by atoms with Crippen molar-refractivity contribution in [2.24, 2.45) is 0 Å². The van der Waals surface area contributed by atoms with E-state index in [1.807, 2.05) is 36.5 Å². The molecule has 1 heterocycles. The van der Waals surface area contributed by atoms with Crippen LogP contribution in [0.15, 0.2) is 42.7 Å². The quantitative estimate of drug-likeness (QED) is 0.681. The van der Waals surface area contributed by atoms with Crippen LogP contribution >= 0.6 is 0 Å². The van der Waals surface area contributed by atoms with Gasteiger partial charge in [-0.3, -0.25) is 4.79 Å². The first kappa shape index (κ1) is 14.8. The normalized spacial score (nSPS) is 16.7. The molecule has 1 aliphatic heterocycles. The Kier molecular flexibility index (Phi) is 4.77. The van der Waals surface area contributed by atoms with E-state index in [0.717, 1.165) is 11.1 Å². The number of benzene rings is 1. The van der Waals surface area contributed by atoms with Gasteiger partial charge in [-0.1, -0.05) is 24.3 Å². The van der Waals surface area contributed by atoms with E-state index in [0.29, 0.717) is 6.61 Å². The third kappa shape index (κ3) is 3.72. The highest BCUT2D eigenvalue weighted by Gasteiger charge is 2.22. The van der Waals surface area contributed by atoms with Crippen LogP contribution in [0, 0.1) is 0 Å². The maximum Gasteiger partial charge on any atom is 0.332 e. The van der Waals surface area contributed by atoms with Crippen LogP contribution in [-0.2, 0) is 14.3 Å². The van der Waals surface area contributed by atoms with Gasteiger partial charge in [-0.2, -0.15) is 0 Å². The molecule has 2 rings (SSSR count). The van der Waals surface area contributed by atoms with E-state index in [9.17, 15) is 9.59 Å². The lowest BCUT2D eigenvalue weighted by atomic mass is 10.0. The monoisotopic (exact) mass is 286 g/mol. The molecule has 0 aromatic heterocycles. The highest BCUT2D eigenvalue weighted by atomic mass is 16.5. The van der Waals surface area contributed by atoms with Gasteiger partial charge in [0, 0.05) is 31.0 Å². The van der Waals surface area contributed by atoms with Crippen LogP contribution in [-0.4, -0.2) is 23.4 Å². The predicted molar refractivity (Wildman–Crippen MR) is 79.6 cm³/mol. The summed E-state index contributed by atoms with van der Waals surface area (Å²) in [6.07, 6.45) is 6.36. The fourth-order valence-corrected chi connectivity index (χ4v) is 2.14. The molecule has 1 aliphatic rings. The Balaban J connectivity index is 2.25. The summed E-state index contributed by atoms with van der Waals surface area (Å²) in [6.45, 7) is 3.55. The third-order valence-corrected chi connectivity index (χ3v) is 3.02. The Morgan fingerprint density at radius 1 is 1.38 bits per heavy atom. The Morgan fingerprint density at radius 3 is 2.86 bits per heavy atom. The van der Waals surface area contributed by atoms with Gasteiger partial charge in [-0.25, -0.2) is 4.79 Å². The van der Waals surface area contributed by atoms with Crippen LogP contribution in [0.4, 0.5) is 0 Å². The molecule has 0 saturated carbocycles. The van der Waals surface area contributed by atoms with Crippen molar-refractivity contribution in [3.8, 4) is 0 Å². The smallest absolute Gasteiger partial charge is 0.332 e. The zero-order chi connectivity index (χ0) is 15.2. The number of fused-ring (bicyclic) bond motifs is 1. The molecule has 1 N–H and O–H groups in total. The van der Waals surface area contributed by atoms with Crippen molar-refractivity contribution in [2.45, 2.75) is 20.0 Å². The summed E-state index contributed by atoms with van der Waals surface area (Å²) in [4.78, 5) is 24.6. The summed E-state index contributed by atoms with van der Waals surface area (Å²) < 4.78 is 4.85. The van der Waals surface area contributed by atoms with E-state index in [1.54, 1.807) is 18.0 Å². The van der Waals surface area contributed by atoms with Crippen LogP contribution in [0.3, 0.4) is 0 Å². The number of carbonyl (C=O) groups excluding carboxylic acids is 2. The minimum Gasteiger partial charge on any atom is -0.463 e. The van der Waals surface area contributed by atoms with Crippen molar-refractivity contribution in [1.82, 2.24) is 10.2 Å². The zero-order valence-electron chi connectivity index (χ0n) is 12.1. The van der Waals surface area contributed by atoms with Crippen LogP contribution in [0.1, 0.15) is 31.1 Å². The summed E-state index contributed by atoms with van der Waals surface area (Å²) in [7, 11) is 0. The molecule has 0 fully saturated rings. The highest BCUT2D eigenvalue weighted by Crippen LogP contribution is 2.28. The Morgan fingerprint density at radius 2 is 2.14 bits per heavy atom. The molecule has 0 aliphatic carbocycles. The number of hydrogen-bond donors (Lipinski definition) is 1. The molecule has 1 aromatic rings. The minimum atomic E-state index is -0.411. The predicted octanol–water partition coefficient (Wildman–Crippen LogP) is 2.18. The molecule has 5 heteroatoms. The van der Waals surface area contributed by atoms with Gasteiger partial charge in [0.25, 0.3) is 0 Å². The average molecular weight is 286 g/mol. The minimum absolute atomic E-state index is 0.139. The number of nitrogens with one attached hydrogen (secondary N) is 1. The summed E-state index contributed by atoms with van der Waals surface area (Å²) in [5.41, 5.74) is 2.01. The zero-order valence-corrected chi connectivity index (χ0v) is 12.1. The van der Waals surface area contributed by atoms with Gasteiger partial charge in [-0.05, 0) is 18.6 Å². The fraction of sp³-hybridized carbons (Fsp3) is 0.250. The second-order valence-corrected chi connectivity index (χ2v) is 4.56. The molecule has 1 amide bonds. The SMILES string of the molecule is CCOC(=O)/C=C/N1C=Cc2ccccc2C1NC(C)=O. The molecule has 110 valence electrons. The van der Waals surface area contributed by atoms with Gasteiger partial charge in [-0.15, -0.1) is 0 Å². The van der Waals surface area contributed by atoms with Gasteiger partial charge < -0.3 is 15.0 Å². The van der Waals surface area contributed by atoms with Crippen molar-refractivity contribution < 1.29 is 14.3 Å². The van der Waals surface area contributed by atoms with E-state index < -0.39 is 5.97 Å². The summed E-state index contributed by atoms with van der Waals surface area (Å²) in [5.74, 6) is -0.550. The lowest BCUT2D eigenvalue weighted by molar-refractivity contribution is -0.137. The Hall–Kier alpha value is -2.56. The highest BCUT2D eigenvalue weighted by molar-refractivity contribution is 5.82. The van der Waals surface area contributed by atoms with Crippen molar-refractivity contribution in [1.29, 1.82) is 0 Å². The summed E-state index contributed by atoms with van der Waals surface area (Å²) in [6, 6.07) is 7.79. The molecular formula is C16H18N2O3. The van der Waals surface area contributed by atoms with E-state index >= 15 is 0 Å². The van der Waals surface area contributed by atoms with Gasteiger partial charge in [0.2, 0.25) is 5.91 Å². The lowest BCUT2D eigenvalue weighted by Crippen LogP contribution is -2.37. The van der Waals surface area contributed by atoms with Gasteiger partial charge >= 0.3 is 5.97 Å².